The number of aryl methyl sites for hydroxylation is 1. The second-order valence-corrected chi connectivity index (χ2v) is 9.06. The van der Waals surface area contributed by atoms with Gasteiger partial charge in [0.25, 0.3) is 0 Å². The number of carbonyl (C=O) groups is 2. The molecule has 4 unspecified atom stereocenters. The molecule has 1 aromatic carbocycles. The van der Waals surface area contributed by atoms with E-state index in [0.29, 0.717) is 17.9 Å². The lowest BCUT2D eigenvalue weighted by molar-refractivity contribution is -0.152. The summed E-state index contributed by atoms with van der Waals surface area (Å²) in [4.78, 5) is 28.0. The van der Waals surface area contributed by atoms with E-state index in [-0.39, 0.29) is 53.7 Å². The summed E-state index contributed by atoms with van der Waals surface area (Å²) in [7, 11) is 1.40. The molecular formula is C26H35NO6. The Kier molecular flexibility index (Phi) is 8.42. The number of hydrogen-bond donors (Lipinski definition) is 3. The molecular weight excluding hydrogens is 422 g/mol. The van der Waals surface area contributed by atoms with E-state index in [9.17, 15) is 19.8 Å². The van der Waals surface area contributed by atoms with Crippen molar-refractivity contribution in [1.29, 1.82) is 0 Å². The minimum atomic E-state index is -0.466. The van der Waals surface area contributed by atoms with Crippen LogP contribution in [-0.2, 0) is 20.7 Å². The highest BCUT2D eigenvalue weighted by Gasteiger charge is 2.38. The van der Waals surface area contributed by atoms with Crippen LogP contribution in [0.3, 0.4) is 0 Å². The quantitative estimate of drug-likeness (QED) is 0.347. The van der Waals surface area contributed by atoms with Crippen LogP contribution in [0.15, 0.2) is 30.6 Å². The molecule has 1 fully saturated rings. The van der Waals surface area contributed by atoms with Crippen LogP contribution in [0.5, 0.6) is 17.2 Å². The molecule has 1 aromatic heterocycles. The van der Waals surface area contributed by atoms with E-state index in [0.717, 1.165) is 25.7 Å². The molecule has 0 radical (unpaired) electrons. The summed E-state index contributed by atoms with van der Waals surface area (Å²) < 4.78 is 10.8. The van der Waals surface area contributed by atoms with Gasteiger partial charge in [0.2, 0.25) is 5.75 Å². The average Bonchev–Trinajstić information content (AvgIpc) is 3.33. The van der Waals surface area contributed by atoms with Crippen molar-refractivity contribution in [3.63, 3.8) is 0 Å². The number of methoxy groups -OCH3 is 1. The van der Waals surface area contributed by atoms with E-state index in [1.165, 1.54) is 25.7 Å². The predicted octanol–water partition coefficient (Wildman–Crippen LogP) is 4.87. The molecule has 1 aliphatic rings. The molecule has 1 saturated carbocycles. The van der Waals surface area contributed by atoms with Crippen LogP contribution >= 0.6 is 0 Å². The highest BCUT2D eigenvalue weighted by molar-refractivity contribution is 5.79. The van der Waals surface area contributed by atoms with Crippen LogP contribution in [0, 0.1) is 11.8 Å². The fraction of sp³-hybridized carbons (Fsp3) is 0.538. The Hall–Kier alpha value is -2.96. The van der Waals surface area contributed by atoms with Gasteiger partial charge in [-0.2, -0.15) is 0 Å². The van der Waals surface area contributed by atoms with Gasteiger partial charge in [0.1, 0.15) is 11.9 Å². The first kappa shape index (κ1) is 24.7. The van der Waals surface area contributed by atoms with Gasteiger partial charge in [0, 0.05) is 38.1 Å². The van der Waals surface area contributed by atoms with Crippen LogP contribution in [0.2, 0.25) is 0 Å². The number of nitrogens with one attached hydrogen (secondary N) is 1. The number of benzene rings is 1. The number of hydrogen-bond acceptors (Lipinski definition) is 6. The first-order valence-electron chi connectivity index (χ1n) is 11.7. The van der Waals surface area contributed by atoms with Gasteiger partial charge in [-0.25, -0.2) is 0 Å². The van der Waals surface area contributed by atoms with Crippen LogP contribution in [-0.4, -0.2) is 40.2 Å². The fourth-order valence-electron chi connectivity index (χ4n) is 5.11. The van der Waals surface area contributed by atoms with E-state index < -0.39 is 6.10 Å². The van der Waals surface area contributed by atoms with Crippen LogP contribution < -0.4 is 4.74 Å². The summed E-state index contributed by atoms with van der Waals surface area (Å²) in [5.41, 5.74) is 1.89. The summed E-state index contributed by atoms with van der Waals surface area (Å²) in [5.74, 6) is 0.0901. The maximum absolute atomic E-state index is 13.0. The van der Waals surface area contributed by atoms with E-state index in [1.54, 1.807) is 6.07 Å². The van der Waals surface area contributed by atoms with Gasteiger partial charge in [-0.15, -0.1) is 0 Å². The minimum Gasteiger partial charge on any atom is -0.504 e. The van der Waals surface area contributed by atoms with Crippen molar-refractivity contribution in [2.75, 3.05) is 7.11 Å². The van der Waals surface area contributed by atoms with Crippen LogP contribution in [0.25, 0.3) is 0 Å². The number of phenols is 2. The molecule has 0 aliphatic heterocycles. The van der Waals surface area contributed by atoms with Gasteiger partial charge < -0.3 is 24.7 Å². The molecule has 4 atom stereocenters. The first-order valence-corrected chi connectivity index (χ1v) is 11.7. The molecule has 2 aromatic rings. The number of phenolic OH excluding ortho intramolecular Hbond substituents is 2. The maximum Gasteiger partial charge on any atom is 0.302 e. The highest BCUT2D eigenvalue weighted by Crippen LogP contribution is 2.44. The summed E-state index contributed by atoms with van der Waals surface area (Å²) in [6.07, 6.45) is 8.39. The molecule has 7 nitrogen and oxygen atoms in total. The molecule has 33 heavy (non-hydrogen) atoms. The Balaban J connectivity index is 1.73. The number of aromatic amines is 1. The molecule has 1 heterocycles. The molecule has 0 saturated heterocycles. The zero-order chi connectivity index (χ0) is 24.0. The van der Waals surface area contributed by atoms with E-state index >= 15 is 0 Å². The van der Waals surface area contributed by atoms with Gasteiger partial charge >= 0.3 is 5.97 Å². The second kappa shape index (κ2) is 11.3. The van der Waals surface area contributed by atoms with Gasteiger partial charge in [0.05, 0.1) is 7.11 Å². The molecule has 7 heteroatoms. The second-order valence-electron chi connectivity index (χ2n) is 9.06. The number of ketones is 1. The normalized spacial score (nSPS) is 21.4. The third-order valence-corrected chi connectivity index (χ3v) is 6.89. The van der Waals surface area contributed by atoms with Crippen molar-refractivity contribution in [3.8, 4) is 17.2 Å². The fourth-order valence-corrected chi connectivity index (χ4v) is 5.11. The van der Waals surface area contributed by atoms with Gasteiger partial charge in [-0.3, -0.25) is 9.59 Å². The Morgan fingerprint density at radius 3 is 2.67 bits per heavy atom. The summed E-state index contributed by atoms with van der Waals surface area (Å²) in [6, 6.07) is 5.12. The van der Waals surface area contributed by atoms with Crippen LogP contribution in [0.1, 0.15) is 69.4 Å². The molecule has 1 aliphatic carbocycles. The zero-order valence-corrected chi connectivity index (χ0v) is 19.7. The van der Waals surface area contributed by atoms with Crippen molar-refractivity contribution < 1.29 is 29.3 Å². The monoisotopic (exact) mass is 457 g/mol. The number of ether oxygens (including phenoxy) is 2. The van der Waals surface area contributed by atoms with Crippen LogP contribution in [0.4, 0.5) is 0 Å². The van der Waals surface area contributed by atoms with E-state index in [4.69, 9.17) is 9.47 Å². The number of carbonyl (C=O) groups excluding carboxylic acids is 2. The standard InChI is InChI=1S/C26H35NO6/c1-4-17-6-8-21(19-9-10-27-15-19)22(11-17)24(33-16(2)28)14-20(29)7-5-18-12-23(30)26(31)25(13-18)32-3/h9-10,12-13,15,17,21-22,24,27,30-31H,4-8,11,14H2,1-3H3. The number of aromatic nitrogens is 1. The minimum absolute atomic E-state index is 0.000720. The van der Waals surface area contributed by atoms with E-state index in [1.807, 2.05) is 12.4 Å². The largest absolute Gasteiger partial charge is 0.504 e. The molecule has 0 amide bonds. The average molecular weight is 458 g/mol. The van der Waals surface area contributed by atoms with Crippen molar-refractivity contribution in [3.05, 3.63) is 41.7 Å². The highest BCUT2D eigenvalue weighted by atomic mass is 16.5. The third kappa shape index (κ3) is 6.30. The lowest BCUT2D eigenvalue weighted by atomic mass is 9.68. The Morgan fingerprint density at radius 2 is 2.03 bits per heavy atom. The zero-order valence-electron chi connectivity index (χ0n) is 19.7. The Labute approximate surface area is 195 Å². The van der Waals surface area contributed by atoms with Gasteiger partial charge in [-0.05, 0) is 66.8 Å². The lowest BCUT2D eigenvalue weighted by Crippen LogP contribution is -2.37. The van der Waals surface area contributed by atoms with Crippen molar-refractivity contribution >= 4 is 11.8 Å². The molecule has 3 rings (SSSR count). The van der Waals surface area contributed by atoms with Crippen molar-refractivity contribution in [1.82, 2.24) is 4.98 Å². The third-order valence-electron chi connectivity index (χ3n) is 6.89. The predicted molar refractivity (Wildman–Crippen MR) is 124 cm³/mol. The summed E-state index contributed by atoms with van der Waals surface area (Å²) >= 11 is 0. The number of rotatable bonds is 10. The number of aromatic hydroxyl groups is 2. The van der Waals surface area contributed by atoms with Crippen molar-refractivity contribution in [2.45, 2.75) is 70.8 Å². The topological polar surface area (TPSA) is 109 Å². The molecule has 0 bridgehead atoms. The molecule has 3 N–H and O–H groups in total. The van der Waals surface area contributed by atoms with Crippen molar-refractivity contribution in [2.24, 2.45) is 11.8 Å². The van der Waals surface area contributed by atoms with Gasteiger partial charge in [-0.1, -0.05) is 13.3 Å². The Morgan fingerprint density at radius 1 is 1.24 bits per heavy atom. The summed E-state index contributed by atoms with van der Waals surface area (Å²) in [6.45, 7) is 3.58. The molecule has 0 spiro atoms. The number of H-pyrrole nitrogens is 1. The smallest absolute Gasteiger partial charge is 0.302 e. The molecule has 180 valence electrons. The first-order chi connectivity index (χ1) is 15.8. The maximum atomic E-state index is 13.0. The summed E-state index contributed by atoms with van der Waals surface area (Å²) in [5, 5.41) is 19.7. The van der Waals surface area contributed by atoms with Gasteiger partial charge in [0.15, 0.2) is 11.5 Å². The lowest BCUT2D eigenvalue weighted by Gasteiger charge is -2.39. The SMILES string of the molecule is CCC1CCC(c2cc[nH]c2)C(C(CC(=O)CCc2cc(O)c(O)c(OC)c2)OC(C)=O)C1. The number of Topliss-reactive ketones (excluding diaryl/α,β-unsaturated/α-hetero) is 1. The number of esters is 1. The Bertz CT molecular complexity index is 939. The van der Waals surface area contributed by atoms with E-state index in [2.05, 4.69) is 18.0 Å².